The zero-order valence-electron chi connectivity index (χ0n) is 7.99. The number of hydrogen-bond acceptors (Lipinski definition) is 3. The van der Waals surface area contributed by atoms with Crippen molar-refractivity contribution in [2.24, 2.45) is 5.73 Å². The summed E-state index contributed by atoms with van der Waals surface area (Å²) in [5.74, 6) is 0.754. The Balaban J connectivity index is 2.48. The minimum absolute atomic E-state index is 0.445. The van der Waals surface area contributed by atoms with Gasteiger partial charge in [-0.2, -0.15) is 0 Å². The van der Waals surface area contributed by atoms with Crippen LogP contribution in [0, 0.1) is 6.92 Å². The van der Waals surface area contributed by atoms with Crippen LogP contribution in [-0.4, -0.2) is 15.0 Å². The van der Waals surface area contributed by atoms with Crippen LogP contribution in [0.15, 0.2) is 24.5 Å². The lowest BCUT2D eigenvalue weighted by Gasteiger charge is -2.02. The topological polar surface area (TPSA) is 67.6 Å². The van der Waals surface area contributed by atoms with Crippen LogP contribution >= 0.6 is 0 Å². The van der Waals surface area contributed by atoms with E-state index in [1.807, 2.05) is 31.5 Å². The summed E-state index contributed by atoms with van der Waals surface area (Å²) in [4.78, 5) is 11.5. The first-order valence-electron chi connectivity index (χ1n) is 4.47. The minimum Gasteiger partial charge on any atom is -0.367 e. The van der Waals surface area contributed by atoms with E-state index in [-0.39, 0.29) is 0 Å². The number of H-pyrrole nitrogens is 1. The molecular formula is C10H12N4. The highest BCUT2D eigenvalue weighted by Gasteiger charge is 2.03. The second-order valence-corrected chi connectivity index (χ2v) is 3.10. The average Bonchev–Trinajstić information content (AvgIpc) is 2.69. The van der Waals surface area contributed by atoms with Crippen molar-refractivity contribution in [1.82, 2.24) is 15.0 Å². The third-order valence-electron chi connectivity index (χ3n) is 1.99. The van der Waals surface area contributed by atoms with Crippen LogP contribution in [0.4, 0.5) is 0 Å². The summed E-state index contributed by atoms with van der Waals surface area (Å²) in [5, 5.41) is 0. The number of hydrogen-bond donors (Lipinski definition) is 2. The molecule has 0 aliphatic heterocycles. The Morgan fingerprint density at radius 3 is 2.93 bits per heavy atom. The summed E-state index contributed by atoms with van der Waals surface area (Å²) >= 11 is 0. The van der Waals surface area contributed by atoms with E-state index in [1.54, 1.807) is 0 Å². The largest absolute Gasteiger partial charge is 0.367 e. The van der Waals surface area contributed by atoms with E-state index in [0.29, 0.717) is 6.54 Å². The molecule has 4 nitrogen and oxygen atoms in total. The number of nitrogens with zero attached hydrogens (tertiary/aromatic N) is 2. The molecule has 0 saturated carbocycles. The smallest absolute Gasteiger partial charge is 0.126 e. The van der Waals surface area contributed by atoms with Gasteiger partial charge in [0.2, 0.25) is 0 Å². The molecule has 0 aromatic carbocycles. The Morgan fingerprint density at radius 1 is 1.43 bits per heavy atom. The third-order valence-corrected chi connectivity index (χ3v) is 1.99. The van der Waals surface area contributed by atoms with Crippen molar-refractivity contribution in [2.45, 2.75) is 13.5 Å². The van der Waals surface area contributed by atoms with Gasteiger partial charge in [-0.05, 0) is 19.1 Å². The predicted molar refractivity (Wildman–Crippen MR) is 54.4 cm³/mol. The first-order valence-corrected chi connectivity index (χ1v) is 4.47. The molecule has 0 fully saturated rings. The fraction of sp³-hybridized carbons (Fsp3) is 0.200. The van der Waals surface area contributed by atoms with Gasteiger partial charge >= 0.3 is 0 Å². The second-order valence-electron chi connectivity index (χ2n) is 3.10. The molecule has 0 saturated heterocycles. The van der Waals surface area contributed by atoms with Crippen molar-refractivity contribution in [1.29, 1.82) is 0 Å². The molecule has 0 unspecified atom stereocenters. The third kappa shape index (κ3) is 1.65. The molecule has 2 aromatic rings. The van der Waals surface area contributed by atoms with E-state index in [0.717, 1.165) is 22.8 Å². The van der Waals surface area contributed by atoms with Crippen LogP contribution in [0.2, 0.25) is 0 Å². The van der Waals surface area contributed by atoms with E-state index in [2.05, 4.69) is 15.0 Å². The van der Waals surface area contributed by atoms with Gasteiger partial charge in [0.05, 0.1) is 11.4 Å². The summed E-state index contributed by atoms with van der Waals surface area (Å²) in [7, 11) is 0. The van der Waals surface area contributed by atoms with Crippen LogP contribution in [0.1, 0.15) is 11.5 Å². The molecule has 0 amide bonds. The monoisotopic (exact) mass is 188 g/mol. The first-order chi connectivity index (χ1) is 6.79. The van der Waals surface area contributed by atoms with E-state index < -0.39 is 0 Å². The van der Waals surface area contributed by atoms with E-state index in [9.17, 15) is 0 Å². The van der Waals surface area contributed by atoms with Crippen molar-refractivity contribution >= 4 is 0 Å². The summed E-state index contributed by atoms with van der Waals surface area (Å²) in [5.41, 5.74) is 8.39. The highest BCUT2D eigenvalue weighted by Crippen LogP contribution is 2.16. The Hall–Kier alpha value is -1.68. The van der Waals surface area contributed by atoms with Gasteiger partial charge in [-0.25, -0.2) is 9.97 Å². The molecule has 0 aliphatic rings. The van der Waals surface area contributed by atoms with Crippen LogP contribution in [0.3, 0.4) is 0 Å². The van der Waals surface area contributed by atoms with Gasteiger partial charge in [0.15, 0.2) is 0 Å². The predicted octanol–water partition coefficient (Wildman–Crippen LogP) is 1.24. The average molecular weight is 188 g/mol. The zero-order chi connectivity index (χ0) is 9.97. The Kier molecular flexibility index (Phi) is 2.28. The van der Waals surface area contributed by atoms with Gasteiger partial charge in [0.1, 0.15) is 5.82 Å². The van der Waals surface area contributed by atoms with Gasteiger partial charge in [-0.1, -0.05) is 0 Å². The maximum Gasteiger partial charge on any atom is 0.126 e. The number of rotatable bonds is 2. The highest BCUT2D eigenvalue weighted by molar-refractivity contribution is 5.58. The van der Waals surface area contributed by atoms with Gasteiger partial charge < -0.3 is 10.7 Å². The minimum atomic E-state index is 0.445. The van der Waals surface area contributed by atoms with Crippen molar-refractivity contribution in [2.75, 3.05) is 0 Å². The van der Waals surface area contributed by atoms with Crippen LogP contribution < -0.4 is 5.73 Å². The Labute approximate surface area is 82.2 Å². The number of aryl methyl sites for hydroxylation is 1. The SMILES string of the molecule is Cc1nc(CN)cc(-c2cc[nH]c2)n1. The van der Waals surface area contributed by atoms with Gasteiger partial charge in [0.25, 0.3) is 0 Å². The van der Waals surface area contributed by atoms with Crippen molar-refractivity contribution < 1.29 is 0 Å². The molecule has 2 rings (SSSR count). The molecule has 72 valence electrons. The molecule has 2 aromatic heterocycles. The standard InChI is InChI=1S/C10H12N4/c1-7-13-9(5-11)4-10(14-7)8-2-3-12-6-8/h2-4,6,12H,5,11H2,1H3. The van der Waals surface area contributed by atoms with Crippen molar-refractivity contribution in [3.05, 3.63) is 36.0 Å². The fourth-order valence-corrected chi connectivity index (χ4v) is 1.37. The van der Waals surface area contributed by atoms with E-state index in [1.165, 1.54) is 0 Å². The van der Waals surface area contributed by atoms with E-state index >= 15 is 0 Å². The lowest BCUT2D eigenvalue weighted by Crippen LogP contribution is -2.03. The summed E-state index contributed by atoms with van der Waals surface area (Å²) in [6.45, 7) is 2.32. The van der Waals surface area contributed by atoms with Crippen molar-refractivity contribution in [3.63, 3.8) is 0 Å². The molecule has 14 heavy (non-hydrogen) atoms. The maximum atomic E-state index is 5.54. The number of aromatic amines is 1. The summed E-state index contributed by atoms with van der Waals surface area (Å²) in [6, 6.07) is 3.89. The Morgan fingerprint density at radius 2 is 2.29 bits per heavy atom. The molecule has 0 aliphatic carbocycles. The van der Waals surface area contributed by atoms with E-state index in [4.69, 9.17) is 5.73 Å². The fourth-order valence-electron chi connectivity index (χ4n) is 1.37. The molecule has 3 N–H and O–H groups in total. The molecule has 4 heteroatoms. The lowest BCUT2D eigenvalue weighted by molar-refractivity contribution is 0.929. The van der Waals surface area contributed by atoms with Crippen LogP contribution in [0.5, 0.6) is 0 Å². The second kappa shape index (κ2) is 3.59. The molecule has 0 atom stereocenters. The summed E-state index contributed by atoms with van der Waals surface area (Å²) < 4.78 is 0. The molecule has 0 radical (unpaired) electrons. The molecular weight excluding hydrogens is 176 g/mol. The van der Waals surface area contributed by atoms with Gasteiger partial charge in [-0.15, -0.1) is 0 Å². The number of nitrogens with one attached hydrogen (secondary N) is 1. The van der Waals surface area contributed by atoms with Gasteiger partial charge in [-0.3, -0.25) is 0 Å². The number of aromatic nitrogens is 3. The molecule has 0 bridgehead atoms. The Bertz CT molecular complexity index is 420. The van der Waals surface area contributed by atoms with Crippen LogP contribution in [0.25, 0.3) is 11.3 Å². The lowest BCUT2D eigenvalue weighted by atomic mass is 10.2. The van der Waals surface area contributed by atoms with Crippen LogP contribution in [-0.2, 0) is 6.54 Å². The normalized spacial score (nSPS) is 10.4. The molecule has 0 spiro atoms. The van der Waals surface area contributed by atoms with Crippen molar-refractivity contribution in [3.8, 4) is 11.3 Å². The quantitative estimate of drug-likeness (QED) is 0.745. The summed E-state index contributed by atoms with van der Waals surface area (Å²) in [6.07, 6.45) is 3.77. The van der Waals surface area contributed by atoms with Gasteiger partial charge in [0, 0.05) is 24.5 Å². The molecule has 2 heterocycles. The maximum absolute atomic E-state index is 5.54. The number of nitrogens with two attached hydrogens (primary N) is 1. The zero-order valence-corrected chi connectivity index (χ0v) is 7.99. The highest BCUT2D eigenvalue weighted by atomic mass is 14.9. The first kappa shape index (κ1) is 8.90.